The molecule has 0 unspecified atom stereocenters. The van der Waals surface area contributed by atoms with Gasteiger partial charge in [-0.15, -0.1) is 0 Å². The number of amides is 1. The number of rotatable bonds is 7. The highest BCUT2D eigenvalue weighted by atomic mass is 16.5. The van der Waals surface area contributed by atoms with E-state index in [-0.39, 0.29) is 12.3 Å². The molecule has 8 nitrogen and oxygen atoms in total. The number of benzene rings is 2. The van der Waals surface area contributed by atoms with Gasteiger partial charge in [0.25, 0.3) is 5.91 Å². The van der Waals surface area contributed by atoms with Gasteiger partial charge >= 0.3 is 5.97 Å². The molecule has 0 aliphatic heterocycles. The first-order chi connectivity index (χ1) is 15.8. The number of carboxylic acid groups (broad SMARTS) is 1. The first kappa shape index (κ1) is 22.0. The molecule has 0 aliphatic carbocycles. The fourth-order valence-corrected chi connectivity index (χ4v) is 3.68. The van der Waals surface area contributed by atoms with Crippen molar-refractivity contribution in [2.75, 3.05) is 24.3 Å². The second-order valence-corrected chi connectivity index (χ2v) is 8.11. The third-order valence-electron chi connectivity index (χ3n) is 5.33. The summed E-state index contributed by atoms with van der Waals surface area (Å²) in [7, 11) is 3.67. The van der Waals surface area contributed by atoms with Gasteiger partial charge in [0.05, 0.1) is 6.42 Å². The smallest absolute Gasteiger partial charge is 0.308 e. The van der Waals surface area contributed by atoms with E-state index in [1.165, 1.54) is 0 Å². The van der Waals surface area contributed by atoms with E-state index in [9.17, 15) is 14.7 Å². The third-order valence-corrected chi connectivity index (χ3v) is 5.33. The molecule has 0 saturated heterocycles. The summed E-state index contributed by atoms with van der Waals surface area (Å²) < 4.78 is 1.83. The van der Waals surface area contributed by atoms with Crippen LogP contribution in [0.2, 0.25) is 0 Å². The lowest BCUT2D eigenvalue weighted by atomic mass is 10.1. The molecule has 0 fully saturated rings. The monoisotopic (exact) mass is 447 g/mol. The Morgan fingerprint density at radius 3 is 2.39 bits per heavy atom. The number of aromatic nitrogens is 3. The number of carbonyl (C=O) groups is 2. The van der Waals surface area contributed by atoms with Gasteiger partial charge in [-0.3, -0.25) is 14.0 Å². The summed E-state index contributed by atoms with van der Waals surface area (Å²) in [5, 5.41) is 12.2. The van der Waals surface area contributed by atoms with E-state index in [0.29, 0.717) is 34.7 Å². The molecular weight excluding hydrogens is 422 g/mol. The summed E-state index contributed by atoms with van der Waals surface area (Å²) in [6, 6.07) is 15.0. The van der Waals surface area contributed by atoms with Gasteiger partial charge in [0, 0.05) is 49.7 Å². The summed E-state index contributed by atoms with van der Waals surface area (Å²) in [6.45, 7) is 1.98. The summed E-state index contributed by atoms with van der Waals surface area (Å²) in [5.74, 6) is 0.250. The van der Waals surface area contributed by atoms with Gasteiger partial charge in [0.2, 0.25) is 0 Å². The largest absolute Gasteiger partial charge is 0.481 e. The van der Waals surface area contributed by atoms with Gasteiger partial charge in [-0.1, -0.05) is 29.8 Å². The Morgan fingerprint density at radius 2 is 1.76 bits per heavy atom. The molecule has 0 saturated carbocycles. The van der Waals surface area contributed by atoms with Gasteiger partial charge in [-0.2, -0.15) is 0 Å². The third kappa shape index (κ3) is 4.85. The van der Waals surface area contributed by atoms with Crippen molar-refractivity contribution in [1.82, 2.24) is 14.4 Å². The predicted molar refractivity (Wildman–Crippen MR) is 127 cm³/mol. The zero-order valence-electron chi connectivity index (χ0n) is 18.7. The lowest BCUT2D eigenvalue weighted by molar-refractivity contribution is -0.136. The van der Waals surface area contributed by atoms with E-state index < -0.39 is 5.97 Å². The minimum atomic E-state index is -0.930. The van der Waals surface area contributed by atoms with Crippen LogP contribution in [0.4, 0.5) is 11.5 Å². The number of nitrogens with one attached hydrogen (secondary N) is 1. The normalized spacial score (nSPS) is 10.9. The van der Waals surface area contributed by atoms with Crippen LogP contribution in [0.5, 0.6) is 0 Å². The average molecular weight is 447 g/mol. The van der Waals surface area contributed by atoms with Crippen LogP contribution in [-0.4, -0.2) is 45.4 Å². The maximum absolute atomic E-state index is 12.4. The Balaban J connectivity index is 1.57. The Kier molecular flexibility index (Phi) is 6.08. The van der Waals surface area contributed by atoms with E-state index in [1.807, 2.05) is 61.8 Å². The maximum Gasteiger partial charge on any atom is 0.308 e. The summed E-state index contributed by atoms with van der Waals surface area (Å²) in [4.78, 5) is 34.8. The number of hydrogen-bond donors (Lipinski definition) is 2. The molecule has 0 atom stereocenters. The van der Waals surface area contributed by atoms with E-state index in [2.05, 4.69) is 10.3 Å². The highest BCUT2D eigenvalue weighted by Crippen LogP contribution is 2.24. The fraction of sp³-hybridized carbons (Fsp3) is 0.200. The molecule has 1 amide bonds. The molecule has 2 heterocycles. The lowest BCUT2D eigenvalue weighted by Crippen LogP contribution is -2.19. The van der Waals surface area contributed by atoms with Crippen LogP contribution in [-0.2, 0) is 17.6 Å². The minimum absolute atomic E-state index is 0.156. The van der Waals surface area contributed by atoms with Gasteiger partial charge in [-0.25, -0.2) is 9.97 Å². The first-order valence-electron chi connectivity index (χ1n) is 10.5. The van der Waals surface area contributed by atoms with Gasteiger partial charge in [0.1, 0.15) is 17.3 Å². The Labute approximate surface area is 191 Å². The van der Waals surface area contributed by atoms with Crippen LogP contribution in [0.1, 0.15) is 32.9 Å². The summed E-state index contributed by atoms with van der Waals surface area (Å²) in [5.41, 5.74) is 4.58. The van der Waals surface area contributed by atoms with Crippen molar-refractivity contribution < 1.29 is 14.7 Å². The molecule has 2 N–H and O–H groups in total. The van der Waals surface area contributed by atoms with Crippen molar-refractivity contribution in [1.29, 1.82) is 0 Å². The molecule has 0 bridgehead atoms. The second-order valence-electron chi connectivity index (χ2n) is 8.11. The Hall–Kier alpha value is -4.20. The molecule has 2 aromatic carbocycles. The van der Waals surface area contributed by atoms with Crippen molar-refractivity contribution >= 4 is 29.0 Å². The number of carboxylic acids is 1. The van der Waals surface area contributed by atoms with Crippen molar-refractivity contribution in [3.8, 4) is 0 Å². The molecule has 8 heteroatoms. The van der Waals surface area contributed by atoms with Crippen molar-refractivity contribution in [2.24, 2.45) is 0 Å². The number of nitrogens with zero attached hydrogens (tertiary/aromatic N) is 4. The number of aryl methyl sites for hydroxylation is 1. The van der Waals surface area contributed by atoms with Crippen LogP contribution >= 0.6 is 0 Å². The number of aliphatic carboxylic acids is 1. The summed E-state index contributed by atoms with van der Waals surface area (Å²) in [6.07, 6.45) is 3.80. The second kappa shape index (κ2) is 9.12. The van der Waals surface area contributed by atoms with Crippen LogP contribution in [0.25, 0.3) is 5.65 Å². The first-order valence-corrected chi connectivity index (χ1v) is 10.5. The van der Waals surface area contributed by atoms with Gasteiger partial charge in [0.15, 0.2) is 0 Å². The zero-order chi connectivity index (χ0) is 23.5. The summed E-state index contributed by atoms with van der Waals surface area (Å²) >= 11 is 0. The molecule has 33 heavy (non-hydrogen) atoms. The van der Waals surface area contributed by atoms with Gasteiger partial charge < -0.3 is 15.3 Å². The highest BCUT2D eigenvalue weighted by Gasteiger charge is 2.19. The number of carbonyl (C=O) groups excluding carboxylic acids is 1. The van der Waals surface area contributed by atoms with Crippen LogP contribution in [0.15, 0.2) is 60.9 Å². The van der Waals surface area contributed by atoms with Crippen LogP contribution in [0, 0.1) is 6.92 Å². The minimum Gasteiger partial charge on any atom is -0.481 e. The highest BCUT2D eigenvalue weighted by molar-refractivity contribution is 6.04. The Morgan fingerprint density at radius 1 is 1.06 bits per heavy atom. The molecule has 4 aromatic rings. The molecule has 2 aromatic heterocycles. The number of hydrogen-bond acceptors (Lipinski definition) is 5. The number of anilines is 2. The standard InChI is InChI=1S/C25H25N5O3/c1-16-4-8-18(9-5-16)25(33)27-19-10-6-17(7-11-19)14-21-28-24(29(2)3)20(15-22(31)32)23-26-12-13-30(21)23/h4-13H,14-15H2,1-3H3,(H,27,33)(H,31,32)/i2+1,3+1,22+1,25+1. The van der Waals surface area contributed by atoms with E-state index in [4.69, 9.17) is 4.98 Å². The van der Waals surface area contributed by atoms with Gasteiger partial charge in [-0.05, 0) is 36.8 Å². The molecular formula is C25H25N5O3. The molecule has 168 valence electrons. The topological polar surface area (TPSA) is 99.8 Å². The zero-order valence-corrected chi connectivity index (χ0v) is 18.7. The van der Waals surface area contributed by atoms with Crippen molar-refractivity contribution in [3.05, 3.63) is 89.0 Å². The van der Waals surface area contributed by atoms with Crippen LogP contribution < -0.4 is 10.2 Å². The molecule has 0 radical (unpaired) electrons. The molecule has 0 spiro atoms. The Bertz CT molecular complexity index is 1310. The quantitative estimate of drug-likeness (QED) is 0.420. The SMILES string of the molecule is Cc1ccc([13C](=O)Nc2ccc(Cc3nc(N([13CH3])[13CH3])c(C[13C](=O)O)c4nccn34)cc2)cc1. The predicted octanol–water partition coefficient (Wildman–Crippen LogP) is 3.57. The average Bonchev–Trinajstić information content (AvgIpc) is 3.27. The van der Waals surface area contributed by atoms with E-state index in [0.717, 1.165) is 17.0 Å². The van der Waals surface area contributed by atoms with Crippen LogP contribution in [0.3, 0.4) is 0 Å². The lowest BCUT2D eigenvalue weighted by Gasteiger charge is -2.18. The van der Waals surface area contributed by atoms with Crippen molar-refractivity contribution in [2.45, 2.75) is 19.8 Å². The molecule has 4 rings (SSSR count). The number of imidazole rings is 1. The van der Waals surface area contributed by atoms with E-state index in [1.54, 1.807) is 29.4 Å². The number of fused-ring (bicyclic) bond motifs is 1. The molecule has 0 aliphatic rings. The fourth-order valence-electron chi connectivity index (χ4n) is 3.68. The van der Waals surface area contributed by atoms with Crippen molar-refractivity contribution in [3.63, 3.8) is 0 Å². The maximum atomic E-state index is 12.4. The van der Waals surface area contributed by atoms with E-state index >= 15 is 0 Å².